The molecule has 0 unspecified atom stereocenters. The smallest absolute Gasteiger partial charge is 0.101 e. The highest BCUT2D eigenvalue weighted by atomic mass is 79.9. The minimum atomic E-state index is 0.727. The van der Waals surface area contributed by atoms with E-state index in [1.54, 1.807) is 18.9 Å². The summed E-state index contributed by atoms with van der Waals surface area (Å²) < 4.78 is 6.13. The standard InChI is InChI=1S/C15H17BrN2OS/c1-19-9-8-17-11-12-5-6-13(10-14(12)16)20-15-4-2-3-7-18-15/h2-7,10,17H,8-9,11H2,1H3. The molecule has 0 aliphatic rings. The van der Waals surface area contributed by atoms with Gasteiger partial charge in [-0.05, 0) is 29.8 Å². The van der Waals surface area contributed by atoms with Gasteiger partial charge in [-0.15, -0.1) is 0 Å². The molecule has 2 rings (SSSR count). The molecule has 1 heterocycles. The summed E-state index contributed by atoms with van der Waals surface area (Å²) in [5.74, 6) is 0. The SMILES string of the molecule is COCCNCc1ccc(Sc2ccccn2)cc1Br. The maximum Gasteiger partial charge on any atom is 0.101 e. The lowest BCUT2D eigenvalue weighted by Gasteiger charge is -2.08. The van der Waals surface area contributed by atoms with E-state index in [0.717, 1.165) is 29.2 Å². The van der Waals surface area contributed by atoms with E-state index in [-0.39, 0.29) is 0 Å². The van der Waals surface area contributed by atoms with Crippen LogP contribution in [-0.4, -0.2) is 25.2 Å². The van der Waals surface area contributed by atoms with Crippen LogP contribution in [0, 0.1) is 0 Å². The number of methoxy groups -OCH3 is 1. The summed E-state index contributed by atoms with van der Waals surface area (Å²) in [6.07, 6.45) is 1.81. The topological polar surface area (TPSA) is 34.1 Å². The molecule has 0 saturated heterocycles. The molecule has 0 fully saturated rings. The first-order valence-electron chi connectivity index (χ1n) is 6.36. The van der Waals surface area contributed by atoms with E-state index in [9.17, 15) is 0 Å². The number of hydrogen-bond acceptors (Lipinski definition) is 4. The zero-order chi connectivity index (χ0) is 14.2. The van der Waals surface area contributed by atoms with Gasteiger partial charge in [0.1, 0.15) is 5.03 Å². The van der Waals surface area contributed by atoms with Gasteiger partial charge in [-0.2, -0.15) is 0 Å². The fourth-order valence-electron chi connectivity index (χ4n) is 1.66. The van der Waals surface area contributed by atoms with E-state index in [2.05, 4.69) is 44.4 Å². The van der Waals surface area contributed by atoms with Gasteiger partial charge in [0.05, 0.1) is 6.61 Å². The minimum absolute atomic E-state index is 0.727. The first-order valence-corrected chi connectivity index (χ1v) is 7.97. The second-order valence-electron chi connectivity index (χ2n) is 4.19. The van der Waals surface area contributed by atoms with Crippen LogP contribution >= 0.6 is 27.7 Å². The zero-order valence-electron chi connectivity index (χ0n) is 11.3. The van der Waals surface area contributed by atoms with Gasteiger partial charge < -0.3 is 10.1 Å². The van der Waals surface area contributed by atoms with E-state index >= 15 is 0 Å². The summed E-state index contributed by atoms with van der Waals surface area (Å²) in [6.45, 7) is 2.41. The monoisotopic (exact) mass is 352 g/mol. The third-order valence-electron chi connectivity index (χ3n) is 2.68. The van der Waals surface area contributed by atoms with Crippen LogP contribution in [0.3, 0.4) is 0 Å². The van der Waals surface area contributed by atoms with Gasteiger partial charge in [-0.1, -0.05) is 39.8 Å². The Hall–Kier alpha value is -0.880. The molecule has 0 saturated carbocycles. The van der Waals surface area contributed by atoms with Crippen molar-refractivity contribution in [1.29, 1.82) is 0 Å². The van der Waals surface area contributed by atoms with Gasteiger partial charge in [-0.25, -0.2) is 4.98 Å². The lowest BCUT2D eigenvalue weighted by molar-refractivity contribution is 0.199. The summed E-state index contributed by atoms with van der Waals surface area (Å²) in [4.78, 5) is 5.49. The molecule has 1 aromatic heterocycles. The van der Waals surface area contributed by atoms with Crippen molar-refractivity contribution in [2.24, 2.45) is 0 Å². The molecular formula is C15H17BrN2OS. The van der Waals surface area contributed by atoms with Gasteiger partial charge in [0.25, 0.3) is 0 Å². The van der Waals surface area contributed by atoms with Crippen LogP contribution in [0.5, 0.6) is 0 Å². The van der Waals surface area contributed by atoms with Crippen LogP contribution in [0.4, 0.5) is 0 Å². The fraction of sp³-hybridized carbons (Fsp3) is 0.267. The highest BCUT2D eigenvalue weighted by molar-refractivity contribution is 9.10. The number of aromatic nitrogens is 1. The minimum Gasteiger partial charge on any atom is -0.383 e. The summed E-state index contributed by atoms with van der Waals surface area (Å²) in [7, 11) is 1.71. The summed E-state index contributed by atoms with van der Waals surface area (Å²) in [6, 6.07) is 12.3. The zero-order valence-corrected chi connectivity index (χ0v) is 13.7. The van der Waals surface area contributed by atoms with Crippen LogP contribution in [0.2, 0.25) is 0 Å². The first-order chi connectivity index (χ1) is 9.79. The molecule has 0 bridgehead atoms. The van der Waals surface area contributed by atoms with Crippen molar-refractivity contribution in [2.75, 3.05) is 20.3 Å². The largest absolute Gasteiger partial charge is 0.383 e. The van der Waals surface area contributed by atoms with E-state index in [4.69, 9.17) is 4.74 Å². The number of pyridine rings is 1. The highest BCUT2D eigenvalue weighted by Crippen LogP contribution is 2.29. The molecule has 1 N–H and O–H groups in total. The summed E-state index contributed by atoms with van der Waals surface area (Å²) in [5, 5.41) is 4.34. The molecule has 3 nitrogen and oxygen atoms in total. The Labute approximate surface area is 132 Å². The number of benzene rings is 1. The number of hydrogen-bond donors (Lipinski definition) is 1. The second kappa shape index (κ2) is 8.42. The number of nitrogens with zero attached hydrogens (tertiary/aromatic N) is 1. The Morgan fingerprint density at radius 3 is 2.90 bits per heavy atom. The molecule has 0 aliphatic heterocycles. The molecular weight excluding hydrogens is 336 g/mol. The van der Waals surface area contributed by atoms with Crippen LogP contribution in [0.15, 0.2) is 57.0 Å². The molecule has 0 amide bonds. The quantitative estimate of drug-likeness (QED) is 0.769. The molecule has 0 atom stereocenters. The molecule has 0 aliphatic carbocycles. The maximum absolute atomic E-state index is 5.01. The van der Waals surface area contributed by atoms with Crippen LogP contribution < -0.4 is 5.32 Å². The molecule has 0 spiro atoms. The van der Waals surface area contributed by atoms with E-state index in [0.29, 0.717) is 0 Å². The Kier molecular flexibility index (Phi) is 6.53. The lowest BCUT2D eigenvalue weighted by Crippen LogP contribution is -2.18. The molecule has 106 valence electrons. The second-order valence-corrected chi connectivity index (χ2v) is 6.14. The predicted octanol–water partition coefficient (Wildman–Crippen LogP) is 3.73. The molecule has 1 aromatic carbocycles. The van der Waals surface area contributed by atoms with Crippen LogP contribution in [-0.2, 0) is 11.3 Å². The van der Waals surface area contributed by atoms with Gasteiger partial charge >= 0.3 is 0 Å². The number of rotatable bonds is 7. The predicted molar refractivity (Wildman–Crippen MR) is 86.1 cm³/mol. The molecule has 2 aromatic rings. The highest BCUT2D eigenvalue weighted by Gasteiger charge is 2.03. The Morgan fingerprint density at radius 2 is 2.20 bits per heavy atom. The third-order valence-corrected chi connectivity index (χ3v) is 4.36. The molecule has 20 heavy (non-hydrogen) atoms. The third kappa shape index (κ3) is 4.90. The van der Waals surface area contributed by atoms with E-state index in [1.807, 2.05) is 24.4 Å². The van der Waals surface area contributed by atoms with Crippen LogP contribution in [0.25, 0.3) is 0 Å². The number of ether oxygens (including phenoxy) is 1. The Balaban J connectivity index is 1.95. The fourth-order valence-corrected chi connectivity index (χ4v) is 3.15. The summed E-state index contributed by atoms with van der Waals surface area (Å²) in [5.41, 5.74) is 1.24. The normalized spacial score (nSPS) is 10.7. The average Bonchev–Trinajstić information content (AvgIpc) is 2.46. The van der Waals surface area contributed by atoms with Gasteiger partial charge in [0.2, 0.25) is 0 Å². The van der Waals surface area contributed by atoms with Crippen LogP contribution in [0.1, 0.15) is 5.56 Å². The van der Waals surface area contributed by atoms with Crippen molar-refractivity contribution in [3.8, 4) is 0 Å². The molecule has 0 radical (unpaired) electrons. The van der Waals surface area contributed by atoms with Crippen molar-refractivity contribution in [3.63, 3.8) is 0 Å². The van der Waals surface area contributed by atoms with Crippen molar-refractivity contribution in [3.05, 3.63) is 52.6 Å². The Bertz CT molecular complexity index is 537. The van der Waals surface area contributed by atoms with Crippen molar-refractivity contribution in [1.82, 2.24) is 10.3 Å². The Morgan fingerprint density at radius 1 is 1.30 bits per heavy atom. The first kappa shape index (κ1) is 15.5. The van der Waals surface area contributed by atoms with E-state index in [1.165, 1.54) is 10.5 Å². The number of halogens is 1. The maximum atomic E-state index is 5.01. The molecule has 5 heteroatoms. The van der Waals surface area contributed by atoms with Gasteiger partial charge in [0, 0.05) is 35.8 Å². The van der Waals surface area contributed by atoms with Crippen molar-refractivity contribution >= 4 is 27.7 Å². The summed E-state index contributed by atoms with van der Waals surface area (Å²) >= 11 is 5.29. The average molecular weight is 353 g/mol. The van der Waals surface area contributed by atoms with Gasteiger partial charge in [-0.3, -0.25) is 0 Å². The lowest BCUT2D eigenvalue weighted by atomic mass is 10.2. The van der Waals surface area contributed by atoms with Crippen molar-refractivity contribution in [2.45, 2.75) is 16.5 Å². The number of nitrogens with one attached hydrogen (secondary N) is 1. The van der Waals surface area contributed by atoms with Crippen molar-refractivity contribution < 1.29 is 4.74 Å². The van der Waals surface area contributed by atoms with E-state index < -0.39 is 0 Å². The van der Waals surface area contributed by atoms with Gasteiger partial charge in [0.15, 0.2) is 0 Å².